The Bertz CT molecular complexity index is 837. The maximum absolute atomic E-state index is 12.5. The summed E-state index contributed by atoms with van der Waals surface area (Å²) in [6.07, 6.45) is 3.35. The molecule has 128 valence electrons. The number of para-hydroxylation sites is 1. The number of aromatic nitrogens is 4. The lowest BCUT2D eigenvalue weighted by Gasteiger charge is -2.20. The molecule has 0 unspecified atom stereocenters. The van der Waals surface area contributed by atoms with E-state index in [-0.39, 0.29) is 11.7 Å². The van der Waals surface area contributed by atoms with Crippen molar-refractivity contribution >= 4 is 23.4 Å². The predicted molar refractivity (Wildman–Crippen MR) is 98.6 cm³/mol. The number of carbonyl (C=O) groups excluding carboxylic acids is 1. The summed E-state index contributed by atoms with van der Waals surface area (Å²) in [5.41, 5.74) is 1.65. The van der Waals surface area contributed by atoms with Crippen molar-refractivity contribution in [3.63, 3.8) is 0 Å². The molecule has 0 aliphatic rings. The van der Waals surface area contributed by atoms with Gasteiger partial charge in [-0.05, 0) is 31.2 Å². The molecule has 3 rings (SSSR count). The van der Waals surface area contributed by atoms with E-state index in [0.29, 0.717) is 17.5 Å². The van der Waals surface area contributed by atoms with Crippen molar-refractivity contribution in [3.05, 3.63) is 54.9 Å². The van der Waals surface area contributed by atoms with Crippen molar-refractivity contribution in [1.29, 1.82) is 0 Å². The van der Waals surface area contributed by atoms with Gasteiger partial charge < -0.3 is 10.7 Å². The van der Waals surface area contributed by atoms with Gasteiger partial charge in [-0.15, -0.1) is 10.2 Å². The third-order valence-corrected chi connectivity index (χ3v) is 4.52. The van der Waals surface area contributed by atoms with Crippen LogP contribution >= 0.6 is 11.8 Å². The Hall–Kier alpha value is -2.87. The minimum absolute atomic E-state index is 0.00960. The Labute approximate surface area is 149 Å². The molecule has 0 aliphatic carbocycles. The van der Waals surface area contributed by atoms with Crippen LogP contribution in [-0.4, -0.2) is 38.1 Å². The van der Waals surface area contributed by atoms with Crippen LogP contribution in [0.25, 0.3) is 11.4 Å². The van der Waals surface area contributed by atoms with E-state index in [1.54, 1.807) is 23.4 Å². The first-order chi connectivity index (χ1) is 12.2. The first-order valence-corrected chi connectivity index (χ1v) is 8.78. The average Bonchev–Trinajstić information content (AvgIpc) is 3.03. The van der Waals surface area contributed by atoms with Crippen molar-refractivity contribution in [2.24, 2.45) is 0 Å². The zero-order valence-corrected chi connectivity index (χ0v) is 14.6. The quantitative estimate of drug-likeness (QED) is 0.539. The molecule has 0 saturated carbocycles. The molecule has 25 heavy (non-hydrogen) atoms. The van der Waals surface area contributed by atoms with E-state index in [9.17, 15) is 4.79 Å². The van der Waals surface area contributed by atoms with Crippen LogP contribution in [0, 0.1) is 0 Å². The lowest BCUT2D eigenvalue weighted by atomic mass is 10.3. The number of carbonyl (C=O) groups is 1. The number of nitrogens with zero attached hydrogens (tertiary/aromatic N) is 5. The number of pyridine rings is 1. The van der Waals surface area contributed by atoms with Crippen LogP contribution in [-0.2, 0) is 4.79 Å². The van der Waals surface area contributed by atoms with Gasteiger partial charge in [-0.1, -0.05) is 30.0 Å². The molecule has 7 nitrogen and oxygen atoms in total. The third-order valence-electron chi connectivity index (χ3n) is 3.59. The molecular formula is C17H18N6OS. The Morgan fingerprint density at radius 3 is 2.68 bits per heavy atom. The number of benzene rings is 1. The number of hydrogen-bond donors (Lipinski definition) is 1. The second-order valence-corrected chi connectivity index (χ2v) is 6.12. The Balaban J connectivity index is 1.69. The number of nitrogens with two attached hydrogens (primary N) is 1. The van der Waals surface area contributed by atoms with Crippen LogP contribution in [0.1, 0.15) is 6.92 Å². The molecule has 0 saturated heterocycles. The second kappa shape index (κ2) is 7.80. The van der Waals surface area contributed by atoms with Gasteiger partial charge in [0.2, 0.25) is 11.1 Å². The van der Waals surface area contributed by atoms with Crippen LogP contribution in [0.3, 0.4) is 0 Å². The van der Waals surface area contributed by atoms with Gasteiger partial charge in [0, 0.05) is 30.2 Å². The number of amides is 1. The van der Waals surface area contributed by atoms with E-state index in [1.807, 2.05) is 43.3 Å². The molecule has 0 spiro atoms. The first-order valence-electron chi connectivity index (χ1n) is 7.79. The first kappa shape index (κ1) is 17.0. The molecule has 1 amide bonds. The molecule has 0 fully saturated rings. The van der Waals surface area contributed by atoms with Crippen LogP contribution in [0.15, 0.2) is 60.0 Å². The maximum atomic E-state index is 12.5. The maximum Gasteiger partial charge on any atom is 0.237 e. The van der Waals surface area contributed by atoms with E-state index in [2.05, 4.69) is 15.2 Å². The van der Waals surface area contributed by atoms with Crippen molar-refractivity contribution in [3.8, 4) is 11.4 Å². The highest BCUT2D eigenvalue weighted by molar-refractivity contribution is 7.99. The molecule has 8 heteroatoms. The van der Waals surface area contributed by atoms with E-state index in [4.69, 9.17) is 5.84 Å². The molecule has 0 atom stereocenters. The van der Waals surface area contributed by atoms with Gasteiger partial charge in [-0.2, -0.15) is 0 Å². The van der Waals surface area contributed by atoms with Crippen LogP contribution in [0.2, 0.25) is 0 Å². The summed E-state index contributed by atoms with van der Waals surface area (Å²) in [6, 6.07) is 13.2. The molecule has 0 radical (unpaired) electrons. The van der Waals surface area contributed by atoms with Gasteiger partial charge in [0.1, 0.15) is 0 Å². The van der Waals surface area contributed by atoms with E-state index >= 15 is 0 Å². The van der Waals surface area contributed by atoms with Gasteiger partial charge in [0.15, 0.2) is 5.82 Å². The molecule has 2 heterocycles. The third kappa shape index (κ3) is 3.80. The Morgan fingerprint density at radius 2 is 2.00 bits per heavy atom. The fraction of sp³-hybridized carbons (Fsp3) is 0.176. The Morgan fingerprint density at radius 1 is 1.20 bits per heavy atom. The van der Waals surface area contributed by atoms with Gasteiger partial charge in [-0.25, -0.2) is 4.68 Å². The van der Waals surface area contributed by atoms with Gasteiger partial charge >= 0.3 is 0 Å². The summed E-state index contributed by atoms with van der Waals surface area (Å²) in [4.78, 5) is 18.3. The molecule has 2 aromatic heterocycles. The summed E-state index contributed by atoms with van der Waals surface area (Å²) in [7, 11) is 0. The number of thioether (sulfide) groups is 1. The molecule has 3 aromatic rings. The normalized spacial score (nSPS) is 10.6. The van der Waals surface area contributed by atoms with Crippen molar-refractivity contribution in [1.82, 2.24) is 19.9 Å². The van der Waals surface area contributed by atoms with Crippen LogP contribution in [0.4, 0.5) is 5.69 Å². The largest absolute Gasteiger partial charge is 0.335 e. The number of hydrogen-bond acceptors (Lipinski definition) is 6. The van der Waals surface area contributed by atoms with Crippen LogP contribution < -0.4 is 10.7 Å². The van der Waals surface area contributed by atoms with E-state index in [1.165, 1.54) is 16.4 Å². The molecule has 0 bridgehead atoms. The highest BCUT2D eigenvalue weighted by atomic mass is 32.2. The number of rotatable bonds is 6. The highest BCUT2D eigenvalue weighted by Gasteiger charge is 2.17. The average molecular weight is 354 g/mol. The lowest BCUT2D eigenvalue weighted by molar-refractivity contribution is -0.116. The van der Waals surface area contributed by atoms with Crippen molar-refractivity contribution in [2.45, 2.75) is 12.1 Å². The molecule has 0 aliphatic heterocycles. The standard InChI is InChI=1S/C17H18N6OS/c1-2-22(14-8-4-3-5-9-14)15(24)12-25-17-21-20-16(23(17)18)13-7-6-10-19-11-13/h3-11H,2,12,18H2,1H3. The van der Waals surface area contributed by atoms with Crippen molar-refractivity contribution < 1.29 is 4.79 Å². The van der Waals surface area contributed by atoms with Gasteiger partial charge in [-0.3, -0.25) is 9.78 Å². The minimum Gasteiger partial charge on any atom is -0.335 e. The zero-order valence-electron chi connectivity index (χ0n) is 13.7. The topological polar surface area (TPSA) is 89.9 Å². The lowest BCUT2D eigenvalue weighted by Crippen LogP contribution is -2.32. The number of nitrogen functional groups attached to an aromatic ring is 1. The zero-order chi connectivity index (χ0) is 17.6. The number of anilines is 1. The molecule has 2 N–H and O–H groups in total. The van der Waals surface area contributed by atoms with Gasteiger partial charge in [0.05, 0.1) is 5.75 Å². The fourth-order valence-electron chi connectivity index (χ4n) is 2.38. The molecule has 1 aromatic carbocycles. The Kier molecular flexibility index (Phi) is 5.30. The highest BCUT2D eigenvalue weighted by Crippen LogP contribution is 2.22. The predicted octanol–water partition coefficient (Wildman–Crippen LogP) is 2.20. The monoisotopic (exact) mass is 354 g/mol. The summed E-state index contributed by atoms with van der Waals surface area (Å²) >= 11 is 1.26. The summed E-state index contributed by atoms with van der Waals surface area (Å²) in [5, 5.41) is 8.65. The second-order valence-electron chi connectivity index (χ2n) is 5.18. The smallest absolute Gasteiger partial charge is 0.237 e. The summed E-state index contributed by atoms with van der Waals surface area (Å²) < 4.78 is 1.38. The minimum atomic E-state index is -0.00960. The van der Waals surface area contributed by atoms with Crippen LogP contribution in [0.5, 0.6) is 0 Å². The SMILES string of the molecule is CCN(C(=O)CSc1nnc(-c2cccnc2)n1N)c1ccccc1. The summed E-state index contributed by atoms with van der Waals surface area (Å²) in [5.74, 6) is 6.79. The van der Waals surface area contributed by atoms with E-state index in [0.717, 1.165) is 11.3 Å². The fourth-order valence-corrected chi connectivity index (χ4v) is 3.11. The van der Waals surface area contributed by atoms with E-state index < -0.39 is 0 Å². The van der Waals surface area contributed by atoms with Gasteiger partial charge in [0.25, 0.3) is 0 Å². The summed E-state index contributed by atoms with van der Waals surface area (Å²) in [6.45, 7) is 2.54. The molecular weight excluding hydrogens is 336 g/mol. The van der Waals surface area contributed by atoms with Crippen molar-refractivity contribution in [2.75, 3.05) is 23.0 Å².